The van der Waals surface area contributed by atoms with E-state index in [1.54, 1.807) is 0 Å². The molecule has 0 unspecified atom stereocenters. The maximum atomic E-state index is 2.38. The normalized spacial score (nSPS) is 11.6. The molecule has 0 aliphatic rings. The van der Waals surface area contributed by atoms with Gasteiger partial charge in [0.1, 0.15) is 0 Å². The van der Waals surface area contributed by atoms with Crippen molar-refractivity contribution in [1.29, 1.82) is 0 Å². The van der Waals surface area contributed by atoms with E-state index in [1.165, 1.54) is 53.2 Å². The van der Waals surface area contributed by atoms with Gasteiger partial charge in [0.05, 0.1) is 0 Å². The molecule has 0 atom stereocenters. The van der Waals surface area contributed by atoms with Crippen LogP contribution in [0.1, 0.15) is 0 Å². The van der Waals surface area contributed by atoms with E-state index in [2.05, 4.69) is 95.7 Å². The summed E-state index contributed by atoms with van der Waals surface area (Å²) >= 11 is 3.63. The highest BCUT2D eigenvalue weighted by Gasteiger charge is 2.16. The predicted molar refractivity (Wildman–Crippen MR) is 126 cm³/mol. The Morgan fingerprint density at radius 3 is 1.32 bits per heavy atom. The lowest BCUT2D eigenvalue weighted by Crippen LogP contribution is -1.88. The predicted octanol–water partition coefficient (Wildman–Crippen LogP) is 8.60. The molecule has 6 rings (SSSR count). The Morgan fingerprint density at radius 2 is 0.893 bits per heavy atom. The second kappa shape index (κ2) is 6.30. The molecule has 132 valence electrons. The average molecular weight is 393 g/mol. The molecule has 28 heavy (non-hydrogen) atoms. The first kappa shape index (κ1) is 16.1. The monoisotopic (exact) mass is 392 g/mol. The fraction of sp³-hybridized carbons (Fsp3) is 0. The Bertz CT molecular complexity index is 1330. The van der Waals surface area contributed by atoms with Gasteiger partial charge in [-0.3, -0.25) is 0 Å². The van der Waals surface area contributed by atoms with Crippen LogP contribution in [-0.2, 0) is 0 Å². The van der Waals surface area contributed by atoms with Gasteiger partial charge in [-0.25, -0.2) is 0 Å². The van der Waals surface area contributed by atoms with Crippen LogP contribution in [0.5, 0.6) is 0 Å². The molecule has 2 aromatic heterocycles. The summed E-state index contributed by atoms with van der Waals surface area (Å²) in [4.78, 5) is 2.66. The molecule has 0 saturated heterocycles. The Labute approximate surface area is 171 Å². The van der Waals surface area contributed by atoms with E-state index in [0.29, 0.717) is 0 Å². The van der Waals surface area contributed by atoms with Crippen molar-refractivity contribution in [3.05, 3.63) is 95.7 Å². The van der Waals surface area contributed by atoms with Crippen LogP contribution in [0.15, 0.2) is 95.7 Å². The summed E-state index contributed by atoms with van der Waals surface area (Å²) in [6.07, 6.45) is 0. The number of hydrogen-bond donors (Lipinski definition) is 0. The number of thiophene rings is 2. The van der Waals surface area contributed by atoms with Crippen LogP contribution in [0, 0.1) is 0 Å². The van der Waals surface area contributed by atoms with Gasteiger partial charge in [0.2, 0.25) is 0 Å². The van der Waals surface area contributed by atoms with Crippen molar-refractivity contribution in [2.75, 3.05) is 0 Å². The highest BCUT2D eigenvalue weighted by molar-refractivity contribution is 7.14. The van der Waals surface area contributed by atoms with E-state index in [1.807, 2.05) is 22.7 Å². The largest absolute Gasteiger partial charge is 0.144 e. The minimum Gasteiger partial charge on any atom is -0.144 e. The quantitative estimate of drug-likeness (QED) is 0.259. The van der Waals surface area contributed by atoms with Gasteiger partial charge in [0.15, 0.2) is 0 Å². The molecule has 0 N–H and O–H groups in total. The summed E-state index contributed by atoms with van der Waals surface area (Å²) in [6, 6.07) is 31.1. The zero-order chi connectivity index (χ0) is 18.5. The SMILES string of the molecule is c1csc(-c2c3ccccc3cc3c(-c4cccs4)c4ccccc4cc23)c1. The Balaban J connectivity index is 1.91. The van der Waals surface area contributed by atoms with Crippen LogP contribution in [0.4, 0.5) is 0 Å². The molecule has 0 fully saturated rings. The summed E-state index contributed by atoms with van der Waals surface area (Å²) in [6.45, 7) is 0. The number of fused-ring (bicyclic) bond motifs is 3. The maximum Gasteiger partial charge on any atom is 0.0355 e. The molecule has 2 heterocycles. The van der Waals surface area contributed by atoms with Gasteiger partial charge in [-0.2, -0.15) is 0 Å². The van der Waals surface area contributed by atoms with Gasteiger partial charge >= 0.3 is 0 Å². The highest BCUT2D eigenvalue weighted by atomic mass is 32.1. The van der Waals surface area contributed by atoms with Crippen molar-refractivity contribution >= 4 is 55.0 Å². The summed E-state index contributed by atoms with van der Waals surface area (Å²) < 4.78 is 0. The molecule has 0 amide bonds. The summed E-state index contributed by atoms with van der Waals surface area (Å²) in [7, 11) is 0. The van der Waals surface area contributed by atoms with E-state index in [9.17, 15) is 0 Å². The summed E-state index contributed by atoms with van der Waals surface area (Å²) in [5, 5.41) is 12.3. The minimum atomic E-state index is 1.30. The lowest BCUT2D eigenvalue weighted by molar-refractivity contribution is 1.76. The lowest BCUT2D eigenvalue weighted by atomic mass is 9.89. The molecular weight excluding hydrogens is 376 g/mol. The first-order valence-electron chi connectivity index (χ1n) is 9.35. The highest BCUT2D eigenvalue weighted by Crippen LogP contribution is 2.45. The van der Waals surface area contributed by atoms with Crippen LogP contribution in [0.2, 0.25) is 0 Å². The molecule has 6 aromatic rings. The fourth-order valence-corrected chi connectivity index (χ4v) is 5.84. The fourth-order valence-electron chi connectivity index (χ4n) is 4.24. The number of benzene rings is 4. The zero-order valence-corrected chi connectivity index (χ0v) is 16.7. The van der Waals surface area contributed by atoms with Gasteiger partial charge in [-0.1, -0.05) is 60.7 Å². The van der Waals surface area contributed by atoms with E-state index in [0.717, 1.165) is 0 Å². The van der Waals surface area contributed by atoms with Crippen LogP contribution in [-0.4, -0.2) is 0 Å². The molecule has 0 saturated carbocycles. The molecule has 0 spiro atoms. The van der Waals surface area contributed by atoms with Crippen molar-refractivity contribution in [3.63, 3.8) is 0 Å². The second-order valence-electron chi connectivity index (χ2n) is 7.00. The average Bonchev–Trinajstić information content (AvgIpc) is 3.44. The van der Waals surface area contributed by atoms with Gasteiger partial charge in [-0.05, 0) is 67.3 Å². The molecule has 0 nitrogen and oxygen atoms in total. The second-order valence-corrected chi connectivity index (χ2v) is 8.89. The Morgan fingerprint density at radius 1 is 0.429 bits per heavy atom. The van der Waals surface area contributed by atoms with E-state index < -0.39 is 0 Å². The van der Waals surface area contributed by atoms with Crippen molar-refractivity contribution in [3.8, 4) is 20.9 Å². The standard InChI is InChI=1S/C26H16S2/c1-3-9-19-17(7-1)15-21-22(25(19)23-11-5-13-27-23)16-18-8-2-4-10-20(18)26(21)24-12-6-14-28-24/h1-16H. The number of hydrogen-bond acceptors (Lipinski definition) is 2. The molecule has 0 radical (unpaired) electrons. The molecule has 2 heteroatoms. The van der Waals surface area contributed by atoms with Crippen LogP contribution in [0.25, 0.3) is 53.2 Å². The van der Waals surface area contributed by atoms with Crippen molar-refractivity contribution in [2.45, 2.75) is 0 Å². The third-order valence-corrected chi connectivity index (χ3v) is 7.20. The summed E-state index contributed by atoms with van der Waals surface area (Å²) in [5.74, 6) is 0. The third kappa shape index (κ3) is 2.35. The van der Waals surface area contributed by atoms with Gasteiger partial charge < -0.3 is 0 Å². The topological polar surface area (TPSA) is 0 Å². The Hall–Kier alpha value is -2.94. The first-order chi connectivity index (χ1) is 13.9. The minimum absolute atomic E-state index is 1.30. The Kier molecular flexibility index (Phi) is 3.61. The van der Waals surface area contributed by atoms with E-state index in [-0.39, 0.29) is 0 Å². The number of rotatable bonds is 2. The molecule has 0 bridgehead atoms. The molecular formula is C26H16S2. The molecule has 4 aromatic carbocycles. The van der Waals surface area contributed by atoms with Crippen LogP contribution < -0.4 is 0 Å². The lowest BCUT2D eigenvalue weighted by Gasteiger charge is -2.16. The molecule has 0 aliphatic carbocycles. The third-order valence-electron chi connectivity index (χ3n) is 5.42. The van der Waals surface area contributed by atoms with E-state index >= 15 is 0 Å². The zero-order valence-electron chi connectivity index (χ0n) is 15.1. The van der Waals surface area contributed by atoms with Crippen molar-refractivity contribution in [2.24, 2.45) is 0 Å². The van der Waals surface area contributed by atoms with Crippen molar-refractivity contribution < 1.29 is 0 Å². The van der Waals surface area contributed by atoms with Crippen molar-refractivity contribution in [1.82, 2.24) is 0 Å². The first-order valence-corrected chi connectivity index (χ1v) is 11.1. The van der Waals surface area contributed by atoms with Crippen LogP contribution >= 0.6 is 22.7 Å². The molecule has 0 aliphatic heterocycles. The maximum absolute atomic E-state index is 2.38. The van der Waals surface area contributed by atoms with Gasteiger partial charge in [0, 0.05) is 20.9 Å². The smallest absolute Gasteiger partial charge is 0.0355 e. The van der Waals surface area contributed by atoms with Gasteiger partial charge in [0.25, 0.3) is 0 Å². The van der Waals surface area contributed by atoms with Gasteiger partial charge in [-0.15, -0.1) is 22.7 Å². The van der Waals surface area contributed by atoms with Crippen LogP contribution in [0.3, 0.4) is 0 Å². The van der Waals surface area contributed by atoms with E-state index in [4.69, 9.17) is 0 Å². The summed E-state index contributed by atoms with van der Waals surface area (Å²) in [5.41, 5.74) is 2.71.